The first-order chi connectivity index (χ1) is 6.56. The van der Waals surface area contributed by atoms with Gasteiger partial charge in [0.15, 0.2) is 5.78 Å². The molecule has 0 aliphatic rings. The van der Waals surface area contributed by atoms with Crippen LogP contribution in [0.1, 0.15) is 28.4 Å². The minimum Gasteiger partial charge on any atom is -0.330 e. The van der Waals surface area contributed by atoms with E-state index in [1.165, 1.54) is 5.56 Å². The third-order valence-corrected chi connectivity index (χ3v) is 2.59. The predicted octanol–water partition coefficient (Wildman–Crippen LogP) is 2.08. The van der Waals surface area contributed by atoms with Crippen molar-refractivity contribution in [3.05, 3.63) is 34.9 Å². The zero-order valence-corrected chi connectivity index (χ0v) is 9.00. The van der Waals surface area contributed by atoms with Crippen LogP contribution in [0.3, 0.4) is 0 Å². The summed E-state index contributed by atoms with van der Waals surface area (Å²) in [6.07, 6.45) is 0. The van der Waals surface area contributed by atoms with Gasteiger partial charge < -0.3 is 5.73 Å². The van der Waals surface area contributed by atoms with E-state index in [1.807, 2.05) is 39.0 Å². The maximum Gasteiger partial charge on any atom is 0.166 e. The predicted molar refractivity (Wildman–Crippen MR) is 58.5 cm³/mol. The fourth-order valence-corrected chi connectivity index (χ4v) is 1.29. The Labute approximate surface area is 85.1 Å². The van der Waals surface area contributed by atoms with Crippen LogP contribution in [0.4, 0.5) is 0 Å². The van der Waals surface area contributed by atoms with Gasteiger partial charge in [0.1, 0.15) is 0 Å². The molecule has 0 fully saturated rings. The highest BCUT2D eigenvalue weighted by molar-refractivity contribution is 5.98. The Morgan fingerprint density at radius 1 is 1.36 bits per heavy atom. The summed E-state index contributed by atoms with van der Waals surface area (Å²) in [7, 11) is 0. The van der Waals surface area contributed by atoms with Crippen LogP contribution in [-0.4, -0.2) is 12.3 Å². The summed E-state index contributed by atoms with van der Waals surface area (Å²) >= 11 is 0. The Bertz CT molecular complexity index is 344. The Hall–Kier alpha value is -1.15. The molecule has 0 aromatic heterocycles. The molecule has 0 aliphatic carbocycles. The van der Waals surface area contributed by atoms with Crippen LogP contribution in [0, 0.1) is 19.8 Å². The number of benzene rings is 1. The topological polar surface area (TPSA) is 43.1 Å². The van der Waals surface area contributed by atoms with Gasteiger partial charge in [-0.2, -0.15) is 0 Å². The van der Waals surface area contributed by atoms with E-state index >= 15 is 0 Å². The van der Waals surface area contributed by atoms with E-state index in [-0.39, 0.29) is 11.7 Å². The highest BCUT2D eigenvalue weighted by Crippen LogP contribution is 2.13. The lowest BCUT2D eigenvalue weighted by molar-refractivity contribution is 0.0934. The number of carbonyl (C=O) groups excluding carboxylic acids is 1. The van der Waals surface area contributed by atoms with Crippen LogP contribution in [0.5, 0.6) is 0 Å². The zero-order chi connectivity index (χ0) is 10.7. The van der Waals surface area contributed by atoms with E-state index in [4.69, 9.17) is 5.73 Å². The molecule has 0 saturated heterocycles. The molecule has 1 aromatic rings. The van der Waals surface area contributed by atoms with Crippen molar-refractivity contribution >= 4 is 5.78 Å². The van der Waals surface area contributed by atoms with Gasteiger partial charge >= 0.3 is 0 Å². The quantitative estimate of drug-likeness (QED) is 0.743. The molecule has 0 saturated carbocycles. The van der Waals surface area contributed by atoms with E-state index in [9.17, 15) is 4.79 Å². The first kappa shape index (κ1) is 10.9. The normalized spacial score (nSPS) is 12.6. The Morgan fingerprint density at radius 2 is 2.00 bits per heavy atom. The molecule has 14 heavy (non-hydrogen) atoms. The van der Waals surface area contributed by atoms with E-state index < -0.39 is 0 Å². The molecule has 0 heterocycles. The number of hydrogen-bond donors (Lipinski definition) is 1. The van der Waals surface area contributed by atoms with Crippen molar-refractivity contribution in [3.63, 3.8) is 0 Å². The molecule has 0 spiro atoms. The molecule has 76 valence electrons. The fraction of sp³-hybridized carbons (Fsp3) is 0.417. The molecule has 1 unspecified atom stereocenters. The summed E-state index contributed by atoms with van der Waals surface area (Å²) in [5, 5.41) is 0. The van der Waals surface area contributed by atoms with Gasteiger partial charge in [0.05, 0.1) is 0 Å². The van der Waals surface area contributed by atoms with Gasteiger partial charge in [-0.25, -0.2) is 0 Å². The van der Waals surface area contributed by atoms with Gasteiger partial charge in [-0.1, -0.05) is 19.1 Å². The van der Waals surface area contributed by atoms with E-state index in [0.29, 0.717) is 6.54 Å². The van der Waals surface area contributed by atoms with E-state index in [1.54, 1.807) is 0 Å². The van der Waals surface area contributed by atoms with Crippen LogP contribution < -0.4 is 5.73 Å². The molecule has 0 aliphatic heterocycles. The summed E-state index contributed by atoms with van der Waals surface area (Å²) in [5.74, 6) is 0.0488. The van der Waals surface area contributed by atoms with Crippen LogP contribution in [0.15, 0.2) is 18.2 Å². The van der Waals surface area contributed by atoms with Gasteiger partial charge in [-0.15, -0.1) is 0 Å². The summed E-state index contributed by atoms with van der Waals surface area (Å²) < 4.78 is 0. The third kappa shape index (κ3) is 2.20. The van der Waals surface area contributed by atoms with Crippen molar-refractivity contribution in [2.75, 3.05) is 6.54 Å². The molecule has 0 bridgehead atoms. The number of nitrogens with two attached hydrogens (primary N) is 1. The number of Topliss-reactive ketones (excluding diaryl/α,β-unsaturated/α-hetero) is 1. The van der Waals surface area contributed by atoms with Gasteiger partial charge in [0.25, 0.3) is 0 Å². The Morgan fingerprint density at radius 3 is 2.50 bits per heavy atom. The summed E-state index contributed by atoms with van der Waals surface area (Å²) in [6, 6.07) is 5.78. The highest BCUT2D eigenvalue weighted by atomic mass is 16.1. The third-order valence-electron chi connectivity index (χ3n) is 2.59. The van der Waals surface area contributed by atoms with Crippen molar-refractivity contribution in [1.82, 2.24) is 0 Å². The lowest BCUT2D eigenvalue weighted by atomic mass is 9.96. The molecular formula is C12H17NO. The standard InChI is InChI=1S/C12H17NO/c1-8-4-5-11(6-9(8)2)12(14)10(3)7-13/h4-6,10H,7,13H2,1-3H3. The summed E-state index contributed by atoms with van der Waals surface area (Å²) in [4.78, 5) is 11.8. The first-order valence-electron chi connectivity index (χ1n) is 4.87. The lowest BCUT2D eigenvalue weighted by Gasteiger charge is -2.08. The van der Waals surface area contributed by atoms with E-state index in [0.717, 1.165) is 11.1 Å². The largest absolute Gasteiger partial charge is 0.330 e. The maximum atomic E-state index is 11.8. The van der Waals surface area contributed by atoms with Crippen molar-refractivity contribution in [2.45, 2.75) is 20.8 Å². The second-order valence-corrected chi connectivity index (χ2v) is 3.80. The van der Waals surface area contributed by atoms with Gasteiger partial charge in [-0.3, -0.25) is 4.79 Å². The van der Waals surface area contributed by atoms with E-state index in [2.05, 4.69) is 0 Å². The number of hydrogen-bond acceptors (Lipinski definition) is 2. The monoisotopic (exact) mass is 191 g/mol. The van der Waals surface area contributed by atoms with Gasteiger partial charge in [0.2, 0.25) is 0 Å². The molecule has 0 radical (unpaired) electrons. The van der Waals surface area contributed by atoms with Gasteiger partial charge in [-0.05, 0) is 31.0 Å². The molecular weight excluding hydrogens is 174 g/mol. The van der Waals surface area contributed by atoms with Crippen molar-refractivity contribution in [2.24, 2.45) is 11.7 Å². The number of ketones is 1. The molecule has 2 N–H and O–H groups in total. The molecule has 1 atom stereocenters. The molecule has 2 heteroatoms. The summed E-state index contributed by atoms with van der Waals surface area (Å²) in [6.45, 7) is 6.32. The molecule has 1 rings (SSSR count). The molecule has 0 amide bonds. The van der Waals surface area contributed by atoms with Crippen molar-refractivity contribution in [1.29, 1.82) is 0 Å². The minimum absolute atomic E-state index is 0.0860. The average molecular weight is 191 g/mol. The average Bonchev–Trinajstić information content (AvgIpc) is 2.20. The number of carbonyl (C=O) groups is 1. The van der Waals surface area contributed by atoms with Crippen molar-refractivity contribution in [3.8, 4) is 0 Å². The highest BCUT2D eigenvalue weighted by Gasteiger charge is 2.13. The second-order valence-electron chi connectivity index (χ2n) is 3.80. The summed E-state index contributed by atoms with van der Waals surface area (Å²) in [5.41, 5.74) is 8.59. The number of rotatable bonds is 3. The van der Waals surface area contributed by atoms with Crippen molar-refractivity contribution < 1.29 is 4.79 Å². The number of aryl methyl sites for hydroxylation is 2. The van der Waals surface area contributed by atoms with Crippen LogP contribution in [0.2, 0.25) is 0 Å². The van der Waals surface area contributed by atoms with Crippen LogP contribution in [-0.2, 0) is 0 Å². The minimum atomic E-state index is -0.0860. The fourth-order valence-electron chi connectivity index (χ4n) is 1.29. The second kappa shape index (κ2) is 4.38. The molecule has 2 nitrogen and oxygen atoms in total. The maximum absolute atomic E-state index is 11.8. The lowest BCUT2D eigenvalue weighted by Crippen LogP contribution is -2.20. The van der Waals surface area contributed by atoms with Crippen LogP contribution in [0.25, 0.3) is 0 Å². The smallest absolute Gasteiger partial charge is 0.166 e. The first-order valence-corrected chi connectivity index (χ1v) is 4.87. The Kier molecular flexibility index (Phi) is 3.42. The van der Waals surface area contributed by atoms with Crippen LogP contribution >= 0.6 is 0 Å². The van der Waals surface area contributed by atoms with Gasteiger partial charge in [0, 0.05) is 18.0 Å². The molecule has 1 aromatic carbocycles. The Balaban J connectivity index is 2.97. The zero-order valence-electron chi connectivity index (χ0n) is 9.00. The SMILES string of the molecule is Cc1ccc(C(=O)C(C)CN)cc1C.